The van der Waals surface area contributed by atoms with Gasteiger partial charge in [-0.15, -0.1) is 0 Å². The number of rotatable bonds is 11. The third-order valence-electron chi connectivity index (χ3n) is 3.39. The van der Waals surface area contributed by atoms with Crippen LogP contribution in [0, 0.1) is 0 Å². The molecule has 1 unspecified atom stereocenters. The molecular formula is C16H27NO3. The summed E-state index contributed by atoms with van der Waals surface area (Å²) in [4.78, 5) is 0. The van der Waals surface area contributed by atoms with E-state index in [4.69, 9.17) is 14.2 Å². The van der Waals surface area contributed by atoms with Gasteiger partial charge in [-0.2, -0.15) is 0 Å². The minimum Gasteiger partial charge on any atom is -0.497 e. The SMILES string of the molecule is CNC(CCOCCOC)CCc1ccc(OC)cc1. The van der Waals surface area contributed by atoms with Gasteiger partial charge in [0.15, 0.2) is 0 Å². The molecule has 0 fully saturated rings. The van der Waals surface area contributed by atoms with Gasteiger partial charge >= 0.3 is 0 Å². The van der Waals surface area contributed by atoms with Crippen molar-refractivity contribution < 1.29 is 14.2 Å². The van der Waals surface area contributed by atoms with Crippen LogP contribution in [0.15, 0.2) is 24.3 Å². The molecule has 0 aliphatic carbocycles. The maximum atomic E-state index is 5.51. The van der Waals surface area contributed by atoms with Gasteiger partial charge in [-0.3, -0.25) is 0 Å². The zero-order chi connectivity index (χ0) is 14.6. The molecule has 1 rings (SSSR count). The van der Waals surface area contributed by atoms with Crippen LogP contribution in [0.25, 0.3) is 0 Å². The molecule has 0 saturated heterocycles. The number of nitrogens with one attached hydrogen (secondary N) is 1. The molecule has 0 aromatic heterocycles. The topological polar surface area (TPSA) is 39.7 Å². The number of hydrogen-bond donors (Lipinski definition) is 1. The van der Waals surface area contributed by atoms with Gasteiger partial charge in [-0.1, -0.05) is 12.1 Å². The standard InChI is InChI=1S/C16H27NO3/c1-17-15(10-11-20-13-12-18-2)7-4-14-5-8-16(19-3)9-6-14/h5-6,8-9,15,17H,4,7,10-13H2,1-3H3. The fourth-order valence-corrected chi connectivity index (χ4v) is 2.04. The predicted molar refractivity (Wildman–Crippen MR) is 81.5 cm³/mol. The summed E-state index contributed by atoms with van der Waals surface area (Å²) in [7, 11) is 5.39. The van der Waals surface area contributed by atoms with Crippen molar-refractivity contribution in [2.24, 2.45) is 0 Å². The van der Waals surface area contributed by atoms with Gasteiger partial charge in [-0.05, 0) is 44.0 Å². The Hall–Kier alpha value is -1.10. The highest BCUT2D eigenvalue weighted by Gasteiger charge is 2.06. The van der Waals surface area contributed by atoms with Crippen molar-refractivity contribution in [3.8, 4) is 5.75 Å². The van der Waals surface area contributed by atoms with E-state index in [2.05, 4.69) is 17.4 Å². The molecule has 0 amide bonds. The van der Waals surface area contributed by atoms with E-state index >= 15 is 0 Å². The normalized spacial score (nSPS) is 12.3. The number of benzene rings is 1. The summed E-state index contributed by atoms with van der Waals surface area (Å²) in [6.45, 7) is 2.11. The van der Waals surface area contributed by atoms with Crippen LogP contribution in [-0.2, 0) is 15.9 Å². The first-order chi connectivity index (χ1) is 9.80. The van der Waals surface area contributed by atoms with Crippen molar-refractivity contribution in [2.75, 3.05) is 41.1 Å². The van der Waals surface area contributed by atoms with Crippen molar-refractivity contribution in [2.45, 2.75) is 25.3 Å². The van der Waals surface area contributed by atoms with E-state index in [0.29, 0.717) is 19.3 Å². The highest BCUT2D eigenvalue weighted by Crippen LogP contribution is 2.13. The first-order valence-electron chi connectivity index (χ1n) is 7.17. The summed E-state index contributed by atoms with van der Waals surface area (Å²) in [5.74, 6) is 0.908. The lowest BCUT2D eigenvalue weighted by Crippen LogP contribution is -2.27. The Bertz CT molecular complexity index is 340. The maximum Gasteiger partial charge on any atom is 0.118 e. The van der Waals surface area contributed by atoms with Crippen LogP contribution in [0.5, 0.6) is 5.75 Å². The average molecular weight is 281 g/mol. The Morgan fingerprint density at radius 3 is 2.35 bits per heavy atom. The van der Waals surface area contributed by atoms with Gasteiger partial charge in [0.1, 0.15) is 5.75 Å². The smallest absolute Gasteiger partial charge is 0.118 e. The molecular weight excluding hydrogens is 254 g/mol. The van der Waals surface area contributed by atoms with Gasteiger partial charge in [0, 0.05) is 19.8 Å². The zero-order valence-corrected chi connectivity index (χ0v) is 12.9. The Kier molecular flexibility index (Phi) is 9.04. The second-order valence-electron chi connectivity index (χ2n) is 4.77. The Balaban J connectivity index is 2.22. The summed E-state index contributed by atoms with van der Waals surface area (Å²) in [6, 6.07) is 8.76. The van der Waals surface area contributed by atoms with E-state index in [1.54, 1.807) is 14.2 Å². The second kappa shape index (κ2) is 10.7. The molecule has 20 heavy (non-hydrogen) atoms. The first-order valence-corrected chi connectivity index (χ1v) is 7.17. The minimum atomic E-state index is 0.486. The highest BCUT2D eigenvalue weighted by atomic mass is 16.5. The van der Waals surface area contributed by atoms with E-state index in [9.17, 15) is 0 Å². The van der Waals surface area contributed by atoms with Crippen LogP contribution in [0.4, 0.5) is 0 Å². The van der Waals surface area contributed by atoms with Crippen molar-refractivity contribution in [3.05, 3.63) is 29.8 Å². The van der Waals surface area contributed by atoms with Crippen molar-refractivity contribution in [1.29, 1.82) is 0 Å². The molecule has 4 heteroatoms. The van der Waals surface area contributed by atoms with Gasteiger partial charge in [-0.25, -0.2) is 0 Å². The fraction of sp³-hybridized carbons (Fsp3) is 0.625. The monoisotopic (exact) mass is 281 g/mol. The third-order valence-corrected chi connectivity index (χ3v) is 3.39. The summed E-state index contributed by atoms with van der Waals surface area (Å²) < 4.78 is 15.6. The molecule has 0 bridgehead atoms. The van der Waals surface area contributed by atoms with Crippen molar-refractivity contribution in [3.63, 3.8) is 0 Å². The lowest BCUT2D eigenvalue weighted by molar-refractivity contribution is 0.0658. The number of aryl methyl sites for hydroxylation is 1. The summed E-state index contributed by atoms with van der Waals surface area (Å²) >= 11 is 0. The predicted octanol–water partition coefficient (Wildman–Crippen LogP) is 2.27. The Labute approximate surface area is 122 Å². The Morgan fingerprint density at radius 1 is 1.00 bits per heavy atom. The summed E-state index contributed by atoms with van der Waals surface area (Å²) in [6.07, 6.45) is 3.19. The molecule has 1 atom stereocenters. The van der Waals surface area contributed by atoms with Gasteiger partial charge in [0.2, 0.25) is 0 Å². The molecule has 0 aliphatic heterocycles. The molecule has 0 saturated carbocycles. The van der Waals surface area contributed by atoms with Crippen molar-refractivity contribution >= 4 is 0 Å². The van der Waals surface area contributed by atoms with Gasteiger partial charge < -0.3 is 19.5 Å². The third kappa shape index (κ3) is 6.89. The summed E-state index contributed by atoms with van der Waals surface area (Å²) in [5.41, 5.74) is 1.34. The molecule has 1 N–H and O–H groups in total. The largest absolute Gasteiger partial charge is 0.497 e. The maximum absolute atomic E-state index is 5.51. The van der Waals surface area contributed by atoms with E-state index in [-0.39, 0.29) is 0 Å². The average Bonchev–Trinajstić information content (AvgIpc) is 2.50. The van der Waals surface area contributed by atoms with Gasteiger partial charge in [0.05, 0.1) is 20.3 Å². The highest BCUT2D eigenvalue weighted by molar-refractivity contribution is 5.27. The number of methoxy groups -OCH3 is 2. The van der Waals surface area contributed by atoms with E-state index in [1.165, 1.54) is 5.56 Å². The first kappa shape index (κ1) is 17.0. The quantitative estimate of drug-likeness (QED) is 0.632. The number of hydrogen-bond acceptors (Lipinski definition) is 4. The fourth-order valence-electron chi connectivity index (χ4n) is 2.04. The van der Waals surface area contributed by atoms with Crippen LogP contribution >= 0.6 is 0 Å². The molecule has 0 heterocycles. The molecule has 1 aromatic carbocycles. The molecule has 114 valence electrons. The van der Waals surface area contributed by atoms with Crippen LogP contribution < -0.4 is 10.1 Å². The van der Waals surface area contributed by atoms with Crippen LogP contribution in [0.1, 0.15) is 18.4 Å². The second-order valence-corrected chi connectivity index (χ2v) is 4.77. The summed E-state index contributed by atoms with van der Waals surface area (Å²) in [5, 5.41) is 3.35. The van der Waals surface area contributed by atoms with E-state index in [1.807, 2.05) is 19.2 Å². The molecule has 0 spiro atoms. The molecule has 0 radical (unpaired) electrons. The van der Waals surface area contributed by atoms with Crippen molar-refractivity contribution in [1.82, 2.24) is 5.32 Å². The lowest BCUT2D eigenvalue weighted by Gasteiger charge is -2.16. The van der Waals surface area contributed by atoms with Gasteiger partial charge in [0.25, 0.3) is 0 Å². The van der Waals surface area contributed by atoms with E-state index in [0.717, 1.165) is 31.6 Å². The zero-order valence-electron chi connectivity index (χ0n) is 12.9. The Morgan fingerprint density at radius 2 is 1.75 bits per heavy atom. The molecule has 0 aliphatic rings. The van der Waals surface area contributed by atoms with E-state index < -0.39 is 0 Å². The van der Waals surface area contributed by atoms with Crippen LogP contribution in [-0.4, -0.2) is 47.1 Å². The van der Waals surface area contributed by atoms with Crippen LogP contribution in [0.3, 0.4) is 0 Å². The number of ether oxygens (including phenoxy) is 3. The molecule has 4 nitrogen and oxygen atoms in total. The lowest BCUT2D eigenvalue weighted by atomic mass is 10.0. The van der Waals surface area contributed by atoms with Crippen LogP contribution in [0.2, 0.25) is 0 Å². The molecule has 1 aromatic rings. The minimum absolute atomic E-state index is 0.486.